The number of amides is 1. The predicted molar refractivity (Wildman–Crippen MR) is 93.7 cm³/mol. The highest BCUT2D eigenvalue weighted by Gasteiger charge is 2.23. The van der Waals surface area contributed by atoms with Gasteiger partial charge in [-0.3, -0.25) is 19.4 Å². The third-order valence-corrected chi connectivity index (χ3v) is 4.26. The normalized spacial score (nSPS) is 18.3. The fraction of sp³-hybridized carbons (Fsp3) is 0.500. The average Bonchev–Trinajstić information content (AvgIpc) is 2.99. The summed E-state index contributed by atoms with van der Waals surface area (Å²) in [5, 5.41) is 4.23. The van der Waals surface area contributed by atoms with Crippen LogP contribution in [0.2, 0.25) is 0 Å². The Morgan fingerprint density at radius 3 is 2.96 bits per heavy atom. The van der Waals surface area contributed by atoms with E-state index in [-0.39, 0.29) is 12.0 Å². The summed E-state index contributed by atoms with van der Waals surface area (Å²) in [4.78, 5) is 20.7. The Labute approximate surface area is 148 Å². The van der Waals surface area contributed by atoms with Crippen LogP contribution in [0.3, 0.4) is 0 Å². The summed E-state index contributed by atoms with van der Waals surface area (Å²) in [6.07, 6.45) is 8.08. The Kier molecular flexibility index (Phi) is 6.14. The molecule has 0 spiro atoms. The third kappa shape index (κ3) is 5.37. The summed E-state index contributed by atoms with van der Waals surface area (Å²) in [5.41, 5.74) is 1.15. The monoisotopic (exact) mass is 343 g/mol. The van der Waals surface area contributed by atoms with E-state index in [1.807, 2.05) is 45.9 Å². The van der Waals surface area contributed by atoms with E-state index in [0.717, 1.165) is 25.1 Å². The van der Waals surface area contributed by atoms with Gasteiger partial charge in [-0.1, -0.05) is 0 Å². The Bertz CT molecular complexity index is 647. The molecule has 0 aromatic carbocycles. The van der Waals surface area contributed by atoms with E-state index in [0.29, 0.717) is 26.2 Å². The minimum atomic E-state index is -0.0168. The Hall–Kier alpha value is -2.25. The fourth-order valence-corrected chi connectivity index (χ4v) is 3.04. The first kappa shape index (κ1) is 17.6. The van der Waals surface area contributed by atoms with Crippen molar-refractivity contribution in [1.29, 1.82) is 0 Å². The maximum Gasteiger partial charge on any atom is 0.236 e. The fourth-order valence-electron chi connectivity index (χ4n) is 3.04. The van der Waals surface area contributed by atoms with Gasteiger partial charge in [0.15, 0.2) is 0 Å². The van der Waals surface area contributed by atoms with E-state index in [4.69, 9.17) is 4.74 Å². The highest BCUT2D eigenvalue weighted by atomic mass is 16.5. The van der Waals surface area contributed by atoms with Crippen molar-refractivity contribution in [2.24, 2.45) is 0 Å². The average molecular weight is 343 g/mol. The van der Waals surface area contributed by atoms with Gasteiger partial charge in [0.2, 0.25) is 5.91 Å². The third-order valence-electron chi connectivity index (χ3n) is 4.26. The SMILES string of the molecule is CN(CC(=O)N1CCCO[C@H](Cn2cccn2)C1)Cc1ccncc1. The van der Waals surface area contributed by atoms with Gasteiger partial charge in [-0.05, 0) is 37.2 Å². The molecule has 1 amide bonds. The number of carbonyl (C=O) groups excluding carboxylic acids is 1. The number of ether oxygens (including phenoxy) is 1. The molecule has 0 aliphatic carbocycles. The van der Waals surface area contributed by atoms with Crippen molar-refractivity contribution in [2.45, 2.75) is 25.6 Å². The number of pyridine rings is 1. The molecule has 0 radical (unpaired) electrons. The molecular formula is C18H25N5O2. The zero-order valence-corrected chi connectivity index (χ0v) is 14.6. The molecule has 3 heterocycles. The maximum absolute atomic E-state index is 12.7. The summed E-state index contributed by atoms with van der Waals surface area (Å²) in [6, 6.07) is 5.84. The molecule has 1 aliphatic rings. The number of aromatic nitrogens is 3. The molecule has 1 aliphatic heterocycles. The van der Waals surface area contributed by atoms with Gasteiger partial charge in [-0.2, -0.15) is 5.10 Å². The Balaban J connectivity index is 1.52. The summed E-state index contributed by atoms with van der Waals surface area (Å²) < 4.78 is 7.74. The number of carbonyl (C=O) groups is 1. The van der Waals surface area contributed by atoms with Crippen LogP contribution in [0.25, 0.3) is 0 Å². The van der Waals surface area contributed by atoms with Crippen LogP contribution in [0.1, 0.15) is 12.0 Å². The predicted octanol–water partition coefficient (Wildman–Crippen LogP) is 1.03. The summed E-state index contributed by atoms with van der Waals surface area (Å²) >= 11 is 0. The van der Waals surface area contributed by atoms with Crippen molar-refractivity contribution in [3.63, 3.8) is 0 Å². The molecule has 134 valence electrons. The second-order valence-corrected chi connectivity index (χ2v) is 6.44. The van der Waals surface area contributed by atoms with Gasteiger partial charge in [-0.15, -0.1) is 0 Å². The first-order valence-corrected chi connectivity index (χ1v) is 8.65. The lowest BCUT2D eigenvalue weighted by atomic mass is 10.2. The van der Waals surface area contributed by atoms with Crippen LogP contribution in [0.4, 0.5) is 0 Å². The summed E-state index contributed by atoms with van der Waals surface area (Å²) in [7, 11) is 1.97. The molecule has 2 aromatic heterocycles. The summed E-state index contributed by atoms with van der Waals surface area (Å²) in [5.74, 6) is 0.146. The van der Waals surface area contributed by atoms with Crippen molar-refractivity contribution in [3.05, 3.63) is 48.5 Å². The molecule has 0 unspecified atom stereocenters. The molecule has 2 aromatic rings. The van der Waals surface area contributed by atoms with Crippen LogP contribution >= 0.6 is 0 Å². The van der Waals surface area contributed by atoms with E-state index < -0.39 is 0 Å². The van der Waals surface area contributed by atoms with Crippen molar-refractivity contribution in [2.75, 3.05) is 33.3 Å². The molecule has 0 N–H and O–H groups in total. The first-order valence-electron chi connectivity index (χ1n) is 8.65. The van der Waals surface area contributed by atoms with Gasteiger partial charge >= 0.3 is 0 Å². The van der Waals surface area contributed by atoms with Crippen LogP contribution in [0.15, 0.2) is 43.0 Å². The van der Waals surface area contributed by atoms with E-state index in [1.54, 1.807) is 18.6 Å². The van der Waals surface area contributed by atoms with E-state index >= 15 is 0 Å². The first-order chi connectivity index (χ1) is 12.2. The van der Waals surface area contributed by atoms with Gasteiger partial charge in [0.1, 0.15) is 0 Å². The maximum atomic E-state index is 12.7. The standard InChI is InChI=1S/C18H25N5O2/c1-21(12-16-4-7-19-8-5-16)15-18(24)22-9-3-11-25-17(13-22)14-23-10-2-6-20-23/h2,4-8,10,17H,3,9,11-15H2,1H3/t17-/m0/s1. The lowest BCUT2D eigenvalue weighted by Gasteiger charge is -2.26. The second kappa shape index (κ2) is 8.73. The Morgan fingerprint density at radius 2 is 2.20 bits per heavy atom. The Morgan fingerprint density at radius 1 is 1.36 bits per heavy atom. The lowest BCUT2D eigenvalue weighted by Crippen LogP contribution is -2.43. The molecule has 1 saturated heterocycles. The number of hydrogen-bond acceptors (Lipinski definition) is 5. The van der Waals surface area contributed by atoms with Crippen molar-refractivity contribution < 1.29 is 9.53 Å². The molecule has 7 nitrogen and oxygen atoms in total. The smallest absolute Gasteiger partial charge is 0.236 e. The number of rotatable bonds is 6. The second-order valence-electron chi connectivity index (χ2n) is 6.44. The molecule has 1 atom stereocenters. The number of nitrogens with zero attached hydrogens (tertiary/aromatic N) is 5. The highest BCUT2D eigenvalue weighted by Crippen LogP contribution is 2.09. The van der Waals surface area contributed by atoms with E-state index in [1.165, 1.54) is 0 Å². The van der Waals surface area contributed by atoms with E-state index in [2.05, 4.69) is 10.1 Å². The molecule has 1 fully saturated rings. The van der Waals surface area contributed by atoms with Gasteiger partial charge in [0.25, 0.3) is 0 Å². The molecule has 0 bridgehead atoms. The van der Waals surface area contributed by atoms with Crippen LogP contribution in [0.5, 0.6) is 0 Å². The quantitative estimate of drug-likeness (QED) is 0.784. The zero-order chi connectivity index (χ0) is 17.5. The lowest BCUT2D eigenvalue weighted by molar-refractivity contribution is -0.133. The zero-order valence-electron chi connectivity index (χ0n) is 14.6. The topological polar surface area (TPSA) is 63.5 Å². The van der Waals surface area contributed by atoms with Gasteiger partial charge < -0.3 is 9.64 Å². The molecule has 25 heavy (non-hydrogen) atoms. The summed E-state index contributed by atoms with van der Waals surface area (Å²) in [6.45, 7) is 3.84. The minimum absolute atomic E-state index is 0.0168. The van der Waals surface area contributed by atoms with Crippen molar-refractivity contribution in [1.82, 2.24) is 24.6 Å². The molecular weight excluding hydrogens is 318 g/mol. The van der Waals surface area contributed by atoms with E-state index in [9.17, 15) is 4.79 Å². The minimum Gasteiger partial charge on any atom is -0.374 e. The number of hydrogen-bond donors (Lipinski definition) is 0. The highest BCUT2D eigenvalue weighted by molar-refractivity contribution is 5.78. The van der Waals surface area contributed by atoms with Crippen molar-refractivity contribution in [3.8, 4) is 0 Å². The largest absolute Gasteiger partial charge is 0.374 e. The van der Waals surface area contributed by atoms with Gasteiger partial charge in [0, 0.05) is 51.0 Å². The van der Waals surface area contributed by atoms with Crippen LogP contribution in [0, 0.1) is 0 Å². The van der Waals surface area contributed by atoms with Gasteiger partial charge in [0.05, 0.1) is 19.2 Å². The van der Waals surface area contributed by atoms with Crippen LogP contribution < -0.4 is 0 Å². The van der Waals surface area contributed by atoms with Crippen molar-refractivity contribution >= 4 is 5.91 Å². The van der Waals surface area contributed by atoms with Crippen LogP contribution in [-0.4, -0.2) is 69.9 Å². The molecule has 0 saturated carbocycles. The molecule has 7 heteroatoms. The number of likely N-dealkylation sites (N-methyl/N-ethyl adjacent to an activating group) is 1. The van der Waals surface area contributed by atoms with Gasteiger partial charge in [-0.25, -0.2) is 0 Å². The van der Waals surface area contributed by atoms with Crippen LogP contribution in [-0.2, 0) is 22.6 Å². The molecule has 3 rings (SSSR count).